The summed E-state index contributed by atoms with van der Waals surface area (Å²) in [4.78, 5) is 21.7. The van der Waals surface area contributed by atoms with E-state index in [4.69, 9.17) is 0 Å². The standard InChI is InChI=1S/C15H20N2O4/c1-15(2,3)10-16-12-7-5-11(6-8-14(18)21-4)9-13(12)17(19)20/h5-9,16H,10H2,1-4H3/b8-6+. The second-order valence-electron chi connectivity index (χ2n) is 5.80. The average Bonchev–Trinajstić information content (AvgIpc) is 2.41. The lowest BCUT2D eigenvalue weighted by molar-refractivity contribution is -0.384. The highest BCUT2D eigenvalue weighted by molar-refractivity contribution is 5.87. The molecule has 0 saturated carbocycles. The Morgan fingerprint density at radius 1 is 1.43 bits per heavy atom. The average molecular weight is 292 g/mol. The van der Waals surface area contributed by atoms with Crippen molar-refractivity contribution in [1.82, 2.24) is 0 Å². The molecule has 0 aliphatic heterocycles. The van der Waals surface area contributed by atoms with Gasteiger partial charge in [-0.25, -0.2) is 4.79 Å². The van der Waals surface area contributed by atoms with E-state index in [1.807, 2.05) is 20.8 Å². The minimum Gasteiger partial charge on any atom is -0.466 e. The number of hydrogen-bond donors (Lipinski definition) is 1. The molecule has 0 atom stereocenters. The second-order valence-corrected chi connectivity index (χ2v) is 5.80. The maximum Gasteiger partial charge on any atom is 0.330 e. The molecule has 0 spiro atoms. The molecule has 1 aromatic carbocycles. The topological polar surface area (TPSA) is 81.5 Å². The molecule has 0 amide bonds. The van der Waals surface area contributed by atoms with Crippen LogP contribution >= 0.6 is 0 Å². The smallest absolute Gasteiger partial charge is 0.330 e. The number of carbonyl (C=O) groups is 1. The van der Waals surface area contributed by atoms with Gasteiger partial charge in [0.15, 0.2) is 0 Å². The van der Waals surface area contributed by atoms with Crippen LogP contribution in [0.5, 0.6) is 0 Å². The van der Waals surface area contributed by atoms with Crippen LogP contribution in [-0.2, 0) is 9.53 Å². The summed E-state index contributed by atoms with van der Waals surface area (Å²) in [7, 11) is 1.27. The van der Waals surface area contributed by atoms with Crippen molar-refractivity contribution in [3.05, 3.63) is 40.0 Å². The number of hydrogen-bond acceptors (Lipinski definition) is 5. The zero-order valence-electron chi connectivity index (χ0n) is 12.7. The van der Waals surface area contributed by atoms with E-state index < -0.39 is 10.9 Å². The quantitative estimate of drug-likeness (QED) is 0.390. The molecule has 0 heterocycles. The van der Waals surface area contributed by atoms with Crippen LogP contribution < -0.4 is 5.32 Å². The number of benzene rings is 1. The normalized spacial score (nSPS) is 11.4. The van der Waals surface area contributed by atoms with Gasteiger partial charge in [-0.05, 0) is 23.1 Å². The fourth-order valence-corrected chi connectivity index (χ4v) is 1.55. The molecule has 1 aromatic rings. The molecular formula is C15H20N2O4. The maximum absolute atomic E-state index is 11.1. The predicted octanol–water partition coefficient (Wildman–Crippen LogP) is 3.24. The third-order valence-corrected chi connectivity index (χ3v) is 2.64. The molecular weight excluding hydrogens is 272 g/mol. The van der Waals surface area contributed by atoms with Crippen LogP contribution in [0.3, 0.4) is 0 Å². The van der Waals surface area contributed by atoms with Gasteiger partial charge in [0.25, 0.3) is 5.69 Å². The fraction of sp³-hybridized carbons (Fsp3) is 0.400. The van der Waals surface area contributed by atoms with Crippen molar-refractivity contribution in [3.63, 3.8) is 0 Å². The molecule has 0 fully saturated rings. The van der Waals surface area contributed by atoms with Crippen LogP contribution in [0.4, 0.5) is 11.4 Å². The first-order chi connectivity index (χ1) is 9.73. The minimum atomic E-state index is -0.507. The zero-order chi connectivity index (χ0) is 16.0. The van der Waals surface area contributed by atoms with Gasteiger partial charge < -0.3 is 10.1 Å². The van der Waals surface area contributed by atoms with E-state index in [9.17, 15) is 14.9 Å². The van der Waals surface area contributed by atoms with E-state index >= 15 is 0 Å². The molecule has 6 nitrogen and oxygen atoms in total. The van der Waals surface area contributed by atoms with Gasteiger partial charge in [-0.15, -0.1) is 0 Å². The number of nitro benzene ring substituents is 1. The second kappa shape index (κ2) is 6.88. The lowest BCUT2D eigenvalue weighted by atomic mass is 9.97. The van der Waals surface area contributed by atoms with Crippen LogP contribution in [0.25, 0.3) is 6.08 Å². The predicted molar refractivity (Wildman–Crippen MR) is 82.1 cm³/mol. The van der Waals surface area contributed by atoms with E-state index in [1.54, 1.807) is 12.1 Å². The number of esters is 1. The number of ether oxygens (including phenoxy) is 1. The number of anilines is 1. The van der Waals surface area contributed by atoms with E-state index in [0.29, 0.717) is 17.8 Å². The number of rotatable bonds is 5. The number of nitro groups is 1. The van der Waals surface area contributed by atoms with Gasteiger partial charge in [0.2, 0.25) is 0 Å². The highest BCUT2D eigenvalue weighted by Gasteiger charge is 2.16. The maximum atomic E-state index is 11.1. The SMILES string of the molecule is COC(=O)/C=C/c1ccc(NCC(C)(C)C)c([N+](=O)[O-])c1. The van der Waals surface area contributed by atoms with Crippen LogP contribution in [-0.4, -0.2) is 24.5 Å². The number of methoxy groups -OCH3 is 1. The molecule has 0 aromatic heterocycles. The first kappa shape index (κ1) is 16.7. The lowest BCUT2D eigenvalue weighted by Gasteiger charge is -2.19. The van der Waals surface area contributed by atoms with Crippen molar-refractivity contribution in [2.24, 2.45) is 5.41 Å². The summed E-state index contributed by atoms with van der Waals surface area (Å²) < 4.78 is 4.48. The third-order valence-electron chi connectivity index (χ3n) is 2.64. The fourth-order valence-electron chi connectivity index (χ4n) is 1.55. The molecule has 0 unspecified atom stereocenters. The molecule has 21 heavy (non-hydrogen) atoms. The number of carbonyl (C=O) groups excluding carboxylic acids is 1. The molecule has 114 valence electrons. The van der Waals surface area contributed by atoms with Gasteiger partial charge >= 0.3 is 5.97 Å². The highest BCUT2D eigenvalue weighted by Crippen LogP contribution is 2.27. The molecule has 0 aliphatic carbocycles. The van der Waals surface area contributed by atoms with Crippen LogP contribution in [0.1, 0.15) is 26.3 Å². The summed E-state index contributed by atoms with van der Waals surface area (Å²) in [6, 6.07) is 4.77. The Kier molecular flexibility index (Phi) is 5.46. The third kappa shape index (κ3) is 5.64. The Hall–Kier alpha value is -2.37. The molecule has 0 aliphatic rings. The van der Waals surface area contributed by atoms with Crippen molar-refractivity contribution in [2.75, 3.05) is 19.0 Å². The van der Waals surface area contributed by atoms with E-state index in [1.165, 1.54) is 25.3 Å². The van der Waals surface area contributed by atoms with E-state index in [-0.39, 0.29) is 11.1 Å². The molecule has 0 saturated heterocycles. The van der Waals surface area contributed by atoms with Crippen molar-refractivity contribution in [2.45, 2.75) is 20.8 Å². The Bertz CT molecular complexity index is 559. The number of nitrogens with zero attached hydrogens (tertiary/aromatic N) is 1. The summed E-state index contributed by atoms with van der Waals surface area (Å²) in [5, 5.41) is 14.2. The largest absolute Gasteiger partial charge is 0.466 e. The van der Waals surface area contributed by atoms with Crippen LogP contribution in [0, 0.1) is 15.5 Å². The first-order valence-electron chi connectivity index (χ1n) is 6.51. The summed E-state index contributed by atoms with van der Waals surface area (Å²) in [6.45, 7) is 6.74. The molecule has 1 N–H and O–H groups in total. The minimum absolute atomic E-state index is 0.0112. The van der Waals surface area contributed by atoms with Crippen molar-refractivity contribution in [3.8, 4) is 0 Å². The van der Waals surface area contributed by atoms with Gasteiger partial charge in [-0.3, -0.25) is 10.1 Å². The monoisotopic (exact) mass is 292 g/mol. The number of nitrogens with one attached hydrogen (secondary N) is 1. The first-order valence-corrected chi connectivity index (χ1v) is 6.51. The Labute approximate surface area is 124 Å². The van der Waals surface area contributed by atoms with Crippen molar-refractivity contribution in [1.29, 1.82) is 0 Å². The Balaban J connectivity index is 2.99. The van der Waals surface area contributed by atoms with Gasteiger partial charge in [0, 0.05) is 18.7 Å². The van der Waals surface area contributed by atoms with Gasteiger partial charge in [-0.1, -0.05) is 26.8 Å². The molecule has 6 heteroatoms. The Morgan fingerprint density at radius 2 is 2.10 bits per heavy atom. The summed E-state index contributed by atoms with van der Waals surface area (Å²) in [5.41, 5.74) is 1.02. The highest BCUT2D eigenvalue weighted by atomic mass is 16.6. The van der Waals surface area contributed by atoms with Gasteiger partial charge in [0.05, 0.1) is 12.0 Å². The Morgan fingerprint density at radius 3 is 2.62 bits per heavy atom. The molecule has 1 rings (SSSR count). The van der Waals surface area contributed by atoms with Gasteiger partial charge in [-0.2, -0.15) is 0 Å². The van der Waals surface area contributed by atoms with E-state index in [2.05, 4.69) is 10.1 Å². The van der Waals surface area contributed by atoms with Crippen LogP contribution in [0.15, 0.2) is 24.3 Å². The molecule has 0 bridgehead atoms. The van der Waals surface area contributed by atoms with E-state index in [0.717, 1.165) is 0 Å². The van der Waals surface area contributed by atoms with Crippen molar-refractivity contribution < 1.29 is 14.5 Å². The summed E-state index contributed by atoms with van der Waals surface area (Å²) in [6.07, 6.45) is 2.70. The molecule has 0 radical (unpaired) electrons. The van der Waals surface area contributed by atoms with Gasteiger partial charge in [0.1, 0.15) is 5.69 Å². The zero-order valence-corrected chi connectivity index (χ0v) is 12.7. The summed E-state index contributed by atoms with van der Waals surface area (Å²) >= 11 is 0. The van der Waals surface area contributed by atoms with Crippen molar-refractivity contribution >= 4 is 23.4 Å². The lowest BCUT2D eigenvalue weighted by Crippen LogP contribution is -2.19. The summed E-state index contributed by atoms with van der Waals surface area (Å²) in [5.74, 6) is -0.507. The van der Waals surface area contributed by atoms with Crippen LogP contribution in [0.2, 0.25) is 0 Å².